The van der Waals surface area contributed by atoms with E-state index in [9.17, 15) is 14.9 Å². The van der Waals surface area contributed by atoms with Gasteiger partial charge in [-0.3, -0.25) is 0 Å². The molecule has 0 amide bonds. The summed E-state index contributed by atoms with van der Waals surface area (Å²) < 4.78 is 11.5. The lowest BCUT2D eigenvalue weighted by molar-refractivity contribution is -0.165. The monoisotopic (exact) mass is 351 g/mol. The van der Waals surface area contributed by atoms with Gasteiger partial charge in [0.2, 0.25) is 0 Å². The molecule has 0 unspecified atom stereocenters. The predicted octanol–water partition coefficient (Wildman–Crippen LogP) is 1.60. The number of likely N-dealkylation sites (N-methyl/N-ethyl adjacent to an activating group) is 1. The van der Waals surface area contributed by atoms with E-state index < -0.39 is 23.1 Å². The van der Waals surface area contributed by atoms with Crippen molar-refractivity contribution in [3.8, 4) is 6.07 Å². The minimum Gasteiger partial charge on any atom is -0.450 e. The molecule has 2 aromatic rings. The van der Waals surface area contributed by atoms with Crippen LogP contribution >= 0.6 is 0 Å². The van der Waals surface area contributed by atoms with E-state index in [2.05, 4.69) is 11.1 Å². The van der Waals surface area contributed by atoms with Crippen LogP contribution < -0.4 is 0 Å². The molecule has 1 aliphatic heterocycles. The predicted molar refractivity (Wildman–Crippen MR) is 91.9 cm³/mol. The zero-order valence-corrected chi connectivity index (χ0v) is 14.4. The number of ether oxygens (including phenoxy) is 2. The van der Waals surface area contributed by atoms with E-state index in [0.717, 1.165) is 23.1 Å². The van der Waals surface area contributed by atoms with Crippen LogP contribution in [0.3, 0.4) is 0 Å². The molecule has 1 saturated carbocycles. The second-order valence-electron chi connectivity index (χ2n) is 6.99. The van der Waals surface area contributed by atoms with Crippen LogP contribution in [0, 0.1) is 11.3 Å². The second kappa shape index (κ2) is 5.44. The highest BCUT2D eigenvalue weighted by atomic mass is 16.6. The maximum atomic E-state index is 12.2. The number of aromatic amines is 1. The van der Waals surface area contributed by atoms with Gasteiger partial charge >= 0.3 is 11.9 Å². The number of hydrogen-bond acceptors (Lipinski definition) is 6. The smallest absolute Gasteiger partial charge is 0.332 e. The maximum Gasteiger partial charge on any atom is 0.332 e. The summed E-state index contributed by atoms with van der Waals surface area (Å²) in [6.45, 7) is 0.407. The molecule has 1 fully saturated rings. The summed E-state index contributed by atoms with van der Waals surface area (Å²) >= 11 is 0. The standard InChI is InChI=1S/C19H17N3O4/c1-22(2)11-18-10-19(18,26-17(24)6-5-16(23)25-18)14-9-21-15-4-3-12(8-20)7-13(14)15/h3-7,9,21H,10-11H2,1-2H3/b6-5-/t18-,19-/m1/s1. The van der Waals surface area contributed by atoms with E-state index in [4.69, 9.17) is 9.47 Å². The van der Waals surface area contributed by atoms with Crippen molar-refractivity contribution in [3.63, 3.8) is 0 Å². The quantitative estimate of drug-likeness (QED) is 0.844. The number of nitrogens with zero attached hydrogens (tertiary/aromatic N) is 2. The highest BCUT2D eigenvalue weighted by Crippen LogP contribution is 2.63. The molecule has 2 heterocycles. The fourth-order valence-electron chi connectivity index (χ4n) is 3.82. The summed E-state index contributed by atoms with van der Waals surface area (Å²) in [5, 5.41) is 9.98. The minimum absolute atomic E-state index is 0.362. The Morgan fingerprint density at radius 1 is 1.23 bits per heavy atom. The Morgan fingerprint density at radius 2 is 1.96 bits per heavy atom. The van der Waals surface area contributed by atoms with Crippen LogP contribution in [0.2, 0.25) is 0 Å². The van der Waals surface area contributed by atoms with Gasteiger partial charge in [0.15, 0.2) is 11.2 Å². The number of fused-ring (bicyclic) bond motifs is 2. The van der Waals surface area contributed by atoms with Crippen LogP contribution in [0.4, 0.5) is 0 Å². The first kappa shape index (κ1) is 16.4. The van der Waals surface area contributed by atoms with E-state index in [1.165, 1.54) is 0 Å². The topological polar surface area (TPSA) is 95.4 Å². The van der Waals surface area contributed by atoms with Gasteiger partial charge < -0.3 is 19.4 Å². The molecule has 4 rings (SSSR count). The van der Waals surface area contributed by atoms with Gasteiger partial charge in [-0.15, -0.1) is 0 Å². The summed E-state index contributed by atoms with van der Waals surface area (Å²) in [5.74, 6) is -1.16. The van der Waals surface area contributed by atoms with Gasteiger partial charge in [-0.25, -0.2) is 9.59 Å². The van der Waals surface area contributed by atoms with Crippen LogP contribution in [-0.4, -0.2) is 48.1 Å². The van der Waals surface area contributed by atoms with Crippen molar-refractivity contribution in [2.24, 2.45) is 0 Å². The summed E-state index contributed by atoms with van der Waals surface area (Å²) in [6.07, 6.45) is 4.29. The molecule has 132 valence electrons. The molecule has 1 aliphatic carbocycles. The molecule has 1 N–H and O–H groups in total. The Balaban J connectivity index is 1.90. The average Bonchev–Trinajstić information content (AvgIpc) is 2.97. The third-order valence-electron chi connectivity index (χ3n) is 4.89. The van der Waals surface area contributed by atoms with Crippen molar-refractivity contribution < 1.29 is 19.1 Å². The molecule has 0 bridgehead atoms. The van der Waals surface area contributed by atoms with Crippen molar-refractivity contribution in [1.29, 1.82) is 5.26 Å². The van der Waals surface area contributed by atoms with Crippen LogP contribution in [0.25, 0.3) is 10.9 Å². The lowest BCUT2D eigenvalue weighted by Gasteiger charge is -2.28. The first-order chi connectivity index (χ1) is 12.4. The number of hydrogen-bond donors (Lipinski definition) is 1. The highest BCUT2D eigenvalue weighted by Gasteiger charge is 2.76. The summed E-state index contributed by atoms with van der Waals surface area (Å²) in [4.78, 5) is 29.3. The molecule has 1 aromatic carbocycles. The van der Waals surface area contributed by atoms with E-state index in [0.29, 0.717) is 24.1 Å². The Hall–Kier alpha value is -3.11. The van der Waals surface area contributed by atoms with E-state index in [1.54, 1.807) is 24.4 Å². The number of nitriles is 1. The normalized spacial score (nSPS) is 28.5. The van der Waals surface area contributed by atoms with E-state index in [1.807, 2.05) is 19.0 Å². The SMILES string of the molecule is CN(C)C[C@]12C[C@]1(c1c[nH]c3ccc(C#N)cc13)OC(=O)/C=C\C(=O)O2. The molecule has 1 aromatic heterocycles. The van der Waals surface area contributed by atoms with E-state index >= 15 is 0 Å². The van der Waals surface area contributed by atoms with Gasteiger partial charge in [0, 0.05) is 47.8 Å². The Morgan fingerprint density at radius 3 is 2.65 bits per heavy atom. The lowest BCUT2D eigenvalue weighted by atomic mass is 10.0. The fraction of sp³-hybridized carbons (Fsp3) is 0.316. The number of H-pyrrole nitrogens is 1. The third-order valence-corrected chi connectivity index (χ3v) is 4.89. The molecular weight excluding hydrogens is 334 g/mol. The number of esters is 2. The number of nitrogens with one attached hydrogen (secondary N) is 1. The van der Waals surface area contributed by atoms with Crippen molar-refractivity contribution in [2.45, 2.75) is 17.6 Å². The Labute approximate surface area is 149 Å². The highest BCUT2D eigenvalue weighted by molar-refractivity contribution is 5.94. The number of aromatic nitrogens is 1. The van der Waals surface area contributed by atoms with Crippen molar-refractivity contribution in [2.75, 3.05) is 20.6 Å². The summed E-state index contributed by atoms with van der Waals surface area (Å²) in [6, 6.07) is 7.39. The van der Waals surface area contributed by atoms with Gasteiger partial charge in [0.05, 0.1) is 11.6 Å². The van der Waals surface area contributed by atoms with Crippen LogP contribution in [0.5, 0.6) is 0 Å². The third kappa shape index (κ3) is 2.30. The zero-order valence-electron chi connectivity index (χ0n) is 14.4. The molecule has 7 heteroatoms. The van der Waals surface area contributed by atoms with Crippen LogP contribution in [0.15, 0.2) is 36.5 Å². The summed E-state index contributed by atoms with van der Waals surface area (Å²) in [5.41, 5.74) is -0.0167. The van der Waals surface area contributed by atoms with Gasteiger partial charge in [-0.05, 0) is 32.3 Å². The number of carbonyl (C=O) groups excluding carboxylic acids is 2. The molecule has 0 radical (unpaired) electrons. The van der Waals surface area contributed by atoms with Gasteiger partial charge in [-0.1, -0.05) is 0 Å². The summed E-state index contributed by atoms with van der Waals surface area (Å²) in [7, 11) is 3.73. The molecule has 0 saturated heterocycles. The van der Waals surface area contributed by atoms with Crippen molar-refractivity contribution in [1.82, 2.24) is 9.88 Å². The molecule has 7 nitrogen and oxygen atoms in total. The Kier molecular flexibility index (Phi) is 3.43. The number of benzene rings is 1. The number of rotatable bonds is 3. The molecule has 2 atom stereocenters. The van der Waals surface area contributed by atoms with Gasteiger partial charge in [-0.2, -0.15) is 5.26 Å². The van der Waals surface area contributed by atoms with Crippen molar-refractivity contribution >= 4 is 22.8 Å². The van der Waals surface area contributed by atoms with E-state index in [-0.39, 0.29) is 0 Å². The molecule has 0 spiro atoms. The largest absolute Gasteiger partial charge is 0.450 e. The van der Waals surface area contributed by atoms with Crippen LogP contribution in [-0.2, 0) is 24.7 Å². The van der Waals surface area contributed by atoms with Gasteiger partial charge in [0.25, 0.3) is 0 Å². The number of carbonyl (C=O) groups is 2. The maximum absolute atomic E-state index is 12.2. The van der Waals surface area contributed by atoms with Gasteiger partial charge in [0.1, 0.15) is 0 Å². The zero-order chi connectivity index (χ0) is 18.5. The second-order valence-corrected chi connectivity index (χ2v) is 6.99. The van der Waals surface area contributed by atoms with Crippen molar-refractivity contribution in [3.05, 3.63) is 47.7 Å². The fourth-order valence-corrected chi connectivity index (χ4v) is 3.82. The van der Waals surface area contributed by atoms with Crippen LogP contribution in [0.1, 0.15) is 17.5 Å². The molecule has 2 aliphatic rings. The lowest BCUT2D eigenvalue weighted by Crippen LogP contribution is -2.41. The molecule has 26 heavy (non-hydrogen) atoms. The minimum atomic E-state index is -1.08. The molecular formula is C19H17N3O4. The average molecular weight is 351 g/mol. The Bertz CT molecular complexity index is 1000. The first-order valence-electron chi connectivity index (χ1n) is 8.20. The first-order valence-corrected chi connectivity index (χ1v) is 8.20.